The Hall–Kier alpha value is 0.650. The van der Waals surface area contributed by atoms with Crippen LogP contribution in [0.15, 0.2) is 0 Å². The number of hydrogen-bond acceptors (Lipinski definition) is 2. The van der Waals surface area contributed by atoms with Crippen molar-refractivity contribution < 1.29 is 4.74 Å². The molecule has 1 aliphatic heterocycles. The maximum absolute atomic E-state index is 5.45. The van der Waals surface area contributed by atoms with Crippen LogP contribution in [0.5, 0.6) is 0 Å². The Bertz CT molecular complexity index is 70.7. The van der Waals surface area contributed by atoms with Crippen molar-refractivity contribution in [1.29, 1.82) is 0 Å². The van der Waals surface area contributed by atoms with Crippen molar-refractivity contribution in [3.63, 3.8) is 0 Å². The zero-order chi connectivity index (χ0) is 6.53. The average molecular weight is 241 g/mol. The van der Waals surface area contributed by atoms with E-state index in [1.807, 2.05) is 0 Å². The second kappa shape index (κ2) is 4.46. The Balaban J connectivity index is 2.08. The normalized spacial score (nSPS) is 28.3. The number of halogens is 1. The molecular weight excluding hydrogens is 229 g/mol. The lowest BCUT2D eigenvalue weighted by atomic mass is 10.2. The summed E-state index contributed by atoms with van der Waals surface area (Å²) >= 11 is 2.38. The lowest BCUT2D eigenvalue weighted by Crippen LogP contribution is -2.38. The minimum absolute atomic E-state index is 0.482. The van der Waals surface area contributed by atoms with Gasteiger partial charge in [0.05, 0.1) is 12.7 Å². The first-order chi connectivity index (χ1) is 4.43. The second-order valence-corrected chi connectivity index (χ2v) is 3.25. The summed E-state index contributed by atoms with van der Waals surface area (Å²) in [6, 6.07) is 0. The molecule has 0 spiro atoms. The molecule has 0 aliphatic carbocycles. The highest BCUT2D eigenvalue weighted by molar-refractivity contribution is 14.1. The molecule has 1 saturated heterocycles. The van der Waals surface area contributed by atoms with Crippen LogP contribution in [0.1, 0.15) is 6.42 Å². The third kappa shape index (κ3) is 2.82. The number of ether oxygens (including phenoxy) is 1. The zero-order valence-electron chi connectivity index (χ0n) is 5.40. The van der Waals surface area contributed by atoms with Crippen molar-refractivity contribution in [2.75, 3.05) is 24.1 Å². The van der Waals surface area contributed by atoms with Crippen LogP contribution in [0.25, 0.3) is 0 Å². The van der Waals surface area contributed by atoms with Gasteiger partial charge in [0.2, 0.25) is 0 Å². The van der Waals surface area contributed by atoms with Crippen LogP contribution < -0.4 is 5.32 Å². The molecule has 54 valence electrons. The van der Waals surface area contributed by atoms with Gasteiger partial charge in [-0.3, -0.25) is 0 Å². The highest BCUT2D eigenvalue weighted by atomic mass is 127. The van der Waals surface area contributed by atoms with Gasteiger partial charge in [0, 0.05) is 17.5 Å². The second-order valence-electron chi connectivity index (χ2n) is 2.17. The van der Waals surface area contributed by atoms with Crippen molar-refractivity contribution in [3.05, 3.63) is 0 Å². The van der Waals surface area contributed by atoms with Crippen LogP contribution in [0.4, 0.5) is 0 Å². The highest BCUT2D eigenvalue weighted by Gasteiger charge is 2.10. The minimum atomic E-state index is 0.482. The molecule has 1 aliphatic rings. The van der Waals surface area contributed by atoms with E-state index in [1.165, 1.54) is 10.8 Å². The van der Waals surface area contributed by atoms with E-state index in [0.717, 1.165) is 19.7 Å². The molecule has 0 aromatic heterocycles. The van der Waals surface area contributed by atoms with Crippen LogP contribution in [0, 0.1) is 0 Å². The molecule has 0 radical (unpaired) electrons. The van der Waals surface area contributed by atoms with E-state index >= 15 is 0 Å². The van der Waals surface area contributed by atoms with Crippen molar-refractivity contribution in [2.24, 2.45) is 0 Å². The van der Waals surface area contributed by atoms with Gasteiger partial charge < -0.3 is 10.1 Å². The van der Waals surface area contributed by atoms with Crippen molar-refractivity contribution in [3.8, 4) is 0 Å². The standard InChI is InChI=1S/C6H12INO/c7-2-1-6-5-8-3-4-9-6/h6,8H,1-5H2. The molecule has 0 bridgehead atoms. The lowest BCUT2D eigenvalue weighted by Gasteiger charge is -2.22. The van der Waals surface area contributed by atoms with Gasteiger partial charge in [-0.25, -0.2) is 0 Å². The number of nitrogens with one attached hydrogen (secondary N) is 1. The summed E-state index contributed by atoms with van der Waals surface area (Å²) in [6.45, 7) is 2.96. The monoisotopic (exact) mass is 241 g/mol. The van der Waals surface area contributed by atoms with Crippen molar-refractivity contribution in [2.45, 2.75) is 12.5 Å². The number of rotatable bonds is 2. The molecule has 1 N–H and O–H groups in total. The molecule has 0 aromatic rings. The van der Waals surface area contributed by atoms with Gasteiger partial charge in [0.15, 0.2) is 0 Å². The molecule has 0 saturated carbocycles. The maximum atomic E-state index is 5.45. The Morgan fingerprint density at radius 1 is 1.67 bits per heavy atom. The van der Waals surface area contributed by atoms with Gasteiger partial charge in [-0.1, -0.05) is 22.6 Å². The Kier molecular flexibility index (Phi) is 3.85. The van der Waals surface area contributed by atoms with Crippen LogP contribution >= 0.6 is 22.6 Å². The summed E-state index contributed by atoms with van der Waals surface area (Å²) in [5, 5.41) is 3.29. The van der Waals surface area contributed by atoms with Crippen LogP contribution in [-0.4, -0.2) is 30.2 Å². The number of alkyl halides is 1. The fraction of sp³-hybridized carbons (Fsp3) is 1.00. The molecular formula is C6H12INO. The molecule has 0 aromatic carbocycles. The van der Waals surface area contributed by atoms with E-state index in [9.17, 15) is 0 Å². The zero-order valence-corrected chi connectivity index (χ0v) is 7.56. The molecule has 1 rings (SSSR count). The maximum Gasteiger partial charge on any atom is 0.0707 e. The predicted octanol–water partition coefficient (Wildman–Crippen LogP) is 0.800. The molecule has 1 heterocycles. The van der Waals surface area contributed by atoms with Crippen molar-refractivity contribution >= 4 is 22.6 Å². The summed E-state index contributed by atoms with van der Waals surface area (Å²) in [6.07, 6.45) is 1.67. The molecule has 1 fully saturated rings. The summed E-state index contributed by atoms with van der Waals surface area (Å²) in [4.78, 5) is 0. The quantitative estimate of drug-likeness (QED) is 0.570. The van der Waals surface area contributed by atoms with Gasteiger partial charge in [-0.15, -0.1) is 0 Å². The Morgan fingerprint density at radius 2 is 2.56 bits per heavy atom. The van der Waals surface area contributed by atoms with E-state index in [1.54, 1.807) is 0 Å². The first-order valence-corrected chi connectivity index (χ1v) is 4.84. The summed E-state index contributed by atoms with van der Waals surface area (Å²) in [7, 11) is 0. The first-order valence-electron chi connectivity index (χ1n) is 3.32. The van der Waals surface area contributed by atoms with E-state index in [0.29, 0.717) is 6.10 Å². The van der Waals surface area contributed by atoms with Gasteiger partial charge in [-0.05, 0) is 6.42 Å². The topological polar surface area (TPSA) is 21.3 Å². The molecule has 1 atom stereocenters. The lowest BCUT2D eigenvalue weighted by molar-refractivity contribution is 0.0278. The minimum Gasteiger partial charge on any atom is -0.376 e. The van der Waals surface area contributed by atoms with E-state index < -0.39 is 0 Å². The fourth-order valence-corrected chi connectivity index (χ4v) is 1.62. The summed E-state index contributed by atoms with van der Waals surface area (Å²) < 4.78 is 6.65. The largest absolute Gasteiger partial charge is 0.376 e. The first kappa shape index (κ1) is 7.75. The predicted molar refractivity (Wildman–Crippen MR) is 46.1 cm³/mol. The van der Waals surface area contributed by atoms with Gasteiger partial charge in [-0.2, -0.15) is 0 Å². The van der Waals surface area contributed by atoms with Gasteiger partial charge in [0.1, 0.15) is 0 Å². The smallest absolute Gasteiger partial charge is 0.0707 e. The Labute approximate surface area is 69.5 Å². The summed E-state index contributed by atoms with van der Waals surface area (Å²) in [5.74, 6) is 0. The van der Waals surface area contributed by atoms with Crippen molar-refractivity contribution in [1.82, 2.24) is 5.32 Å². The third-order valence-electron chi connectivity index (χ3n) is 1.44. The van der Waals surface area contributed by atoms with Gasteiger partial charge >= 0.3 is 0 Å². The molecule has 3 heteroatoms. The molecule has 0 amide bonds. The average Bonchev–Trinajstić information content (AvgIpc) is 1.91. The van der Waals surface area contributed by atoms with Gasteiger partial charge in [0.25, 0.3) is 0 Å². The SMILES string of the molecule is ICCC1CNCCO1. The van der Waals surface area contributed by atoms with Crippen LogP contribution in [0.2, 0.25) is 0 Å². The van der Waals surface area contributed by atoms with Crippen LogP contribution in [0.3, 0.4) is 0 Å². The summed E-state index contributed by atoms with van der Waals surface area (Å²) in [5.41, 5.74) is 0. The van der Waals surface area contributed by atoms with E-state index in [4.69, 9.17) is 4.74 Å². The number of morpholine rings is 1. The molecule has 9 heavy (non-hydrogen) atoms. The van der Waals surface area contributed by atoms with Crippen LogP contribution in [-0.2, 0) is 4.74 Å². The van der Waals surface area contributed by atoms with E-state index in [-0.39, 0.29) is 0 Å². The highest BCUT2D eigenvalue weighted by Crippen LogP contribution is 2.02. The molecule has 1 unspecified atom stereocenters. The molecule has 2 nitrogen and oxygen atoms in total. The number of hydrogen-bond donors (Lipinski definition) is 1. The fourth-order valence-electron chi connectivity index (χ4n) is 0.927. The third-order valence-corrected chi connectivity index (χ3v) is 2.06. The Morgan fingerprint density at radius 3 is 3.11 bits per heavy atom. The van der Waals surface area contributed by atoms with E-state index in [2.05, 4.69) is 27.9 Å².